The summed E-state index contributed by atoms with van der Waals surface area (Å²) in [5.74, 6) is 0. The molecule has 126 valence electrons. The average molecular weight is 309 g/mol. The largest absolute Gasteiger partial charge is 0.303 e. The first-order chi connectivity index (χ1) is 10.7. The molecule has 0 saturated heterocycles. The van der Waals surface area contributed by atoms with E-state index in [1.54, 1.807) is 0 Å². The van der Waals surface area contributed by atoms with E-state index < -0.39 is 6.04 Å². The van der Waals surface area contributed by atoms with Crippen molar-refractivity contribution in [2.45, 2.75) is 83.6 Å². The van der Waals surface area contributed by atoms with Crippen LogP contribution in [0.4, 0.5) is 0 Å². The number of nitro groups is 1. The van der Waals surface area contributed by atoms with Gasteiger partial charge < -0.3 is 4.79 Å². The molecule has 0 saturated carbocycles. The fourth-order valence-corrected chi connectivity index (χ4v) is 2.27. The number of hydrogen-bond acceptors (Lipinski definition) is 3. The Morgan fingerprint density at radius 3 is 2.18 bits per heavy atom. The van der Waals surface area contributed by atoms with E-state index in [-0.39, 0.29) is 4.92 Å². The molecule has 1 atom stereocenters. The molecular formula is C18H31NO3. The van der Waals surface area contributed by atoms with Crippen LogP contribution in [0.5, 0.6) is 0 Å². The Labute approximate surface area is 134 Å². The summed E-state index contributed by atoms with van der Waals surface area (Å²) in [5.41, 5.74) is 0. The van der Waals surface area contributed by atoms with Gasteiger partial charge >= 0.3 is 0 Å². The monoisotopic (exact) mass is 309 g/mol. The molecular weight excluding hydrogens is 278 g/mol. The van der Waals surface area contributed by atoms with Crippen molar-refractivity contribution < 1.29 is 9.72 Å². The van der Waals surface area contributed by atoms with E-state index in [0.29, 0.717) is 19.3 Å². The second-order valence-corrected chi connectivity index (χ2v) is 5.62. The van der Waals surface area contributed by atoms with Crippen molar-refractivity contribution in [3.8, 4) is 0 Å². The lowest BCUT2D eigenvalue weighted by molar-refractivity contribution is -0.522. The predicted octanol–water partition coefficient (Wildman–Crippen LogP) is 5.25. The van der Waals surface area contributed by atoms with Gasteiger partial charge in [0.05, 0.1) is 0 Å². The number of nitrogens with zero attached hydrogens (tertiary/aromatic N) is 1. The van der Waals surface area contributed by atoms with Crippen molar-refractivity contribution in [2.24, 2.45) is 0 Å². The third kappa shape index (κ3) is 13.5. The molecule has 0 aromatic heterocycles. The average Bonchev–Trinajstić information content (AvgIpc) is 2.50. The molecule has 0 amide bonds. The molecule has 0 radical (unpaired) electrons. The molecule has 0 aromatic carbocycles. The summed E-state index contributed by atoms with van der Waals surface area (Å²) in [6.45, 7) is 2.06. The molecule has 4 nitrogen and oxygen atoms in total. The summed E-state index contributed by atoms with van der Waals surface area (Å²) in [7, 11) is 0. The van der Waals surface area contributed by atoms with Crippen LogP contribution in [0.15, 0.2) is 24.3 Å². The molecule has 22 heavy (non-hydrogen) atoms. The first-order valence-electron chi connectivity index (χ1n) is 8.59. The van der Waals surface area contributed by atoms with Crippen LogP contribution in [0, 0.1) is 10.1 Å². The topological polar surface area (TPSA) is 60.2 Å². The number of carbonyl (C=O) groups is 1. The van der Waals surface area contributed by atoms with Crippen LogP contribution < -0.4 is 0 Å². The molecule has 0 bridgehead atoms. The van der Waals surface area contributed by atoms with Gasteiger partial charge in [0.25, 0.3) is 0 Å². The predicted molar refractivity (Wildman–Crippen MR) is 91.6 cm³/mol. The minimum absolute atomic E-state index is 0.156. The molecule has 0 fully saturated rings. The van der Waals surface area contributed by atoms with Gasteiger partial charge in [-0.1, -0.05) is 50.5 Å². The van der Waals surface area contributed by atoms with Gasteiger partial charge in [-0.2, -0.15) is 0 Å². The van der Waals surface area contributed by atoms with Gasteiger partial charge in [-0.15, -0.1) is 0 Å². The van der Waals surface area contributed by atoms with E-state index >= 15 is 0 Å². The third-order valence-electron chi connectivity index (χ3n) is 3.63. The summed E-state index contributed by atoms with van der Waals surface area (Å²) in [5, 5.41) is 11.0. The van der Waals surface area contributed by atoms with E-state index in [4.69, 9.17) is 0 Å². The molecule has 0 spiro atoms. The van der Waals surface area contributed by atoms with Crippen LogP contribution in [0.1, 0.15) is 77.6 Å². The SMILES string of the molecule is CC/C=C/CCC(C/C=C/CCCCCCCC=O)[N+](=O)[O-]. The first-order valence-corrected chi connectivity index (χ1v) is 8.59. The van der Waals surface area contributed by atoms with Crippen LogP contribution in [0.2, 0.25) is 0 Å². The Hall–Kier alpha value is -1.45. The highest BCUT2D eigenvalue weighted by Gasteiger charge is 2.16. The summed E-state index contributed by atoms with van der Waals surface area (Å²) < 4.78 is 0. The lowest BCUT2D eigenvalue weighted by Crippen LogP contribution is -2.18. The third-order valence-corrected chi connectivity index (χ3v) is 3.63. The number of allylic oxidation sites excluding steroid dienone is 3. The van der Waals surface area contributed by atoms with Gasteiger partial charge in [0.1, 0.15) is 6.29 Å². The molecule has 0 heterocycles. The summed E-state index contributed by atoms with van der Waals surface area (Å²) in [4.78, 5) is 21.0. The van der Waals surface area contributed by atoms with Crippen LogP contribution >= 0.6 is 0 Å². The second kappa shape index (κ2) is 15.9. The van der Waals surface area contributed by atoms with Crippen molar-refractivity contribution in [1.82, 2.24) is 0 Å². The van der Waals surface area contributed by atoms with E-state index in [1.807, 2.05) is 12.2 Å². The maximum absolute atomic E-state index is 11.0. The Kier molecular flexibility index (Phi) is 14.9. The Bertz CT molecular complexity index is 337. The molecule has 4 heteroatoms. The summed E-state index contributed by atoms with van der Waals surface area (Å²) >= 11 is 0. The van der Waals surface area contributed by atoms with Gasteiger partial charge in [0.2, 0.25) is 6.04 Å². The van der Waals surface area contributed by atoms with E-state index in [2.05, 4.69) is 19.1 Å². The lowest BCUT2D eigenvalue weighted by Gasteiger charge is -2.05. The summed E-state index contributed by atoms with van der Waals surface area (Å²) in [6.07, 6.45) is 19.3. The smallest absolute Gasteiger partial charge is 0.216 e. The van der Waals surface area contributed by atoms with Crippen LogP contribution in [-0.2, 0) is 4.79 Å². The molecule has 0 aliphatic heterocycles. The minimum atomic E-state index is -0.457. The fraction of sp³-hybridized carbons (Fsp3) is 0.722. The lowest BCUT2D eigenvalue weighted by atomic mass is 10.1. The molecule has 0 aliphatic carbocycles. The summed E-state index contributed by atoms with van der Waals surface area (Å²) in [6, 6.07) is -0.457. The van der Waals surface area contributed by atoms with E-state index in [9.17, 15) is 14.9 Å². The van der Waals surface area contributed by atoms with Crippen LogP contribution in [0.3, 0.4) is 0 Å². The standard InChI is InChI=1S/C18H31NO3/c1-2-3-4-12-15-18(19(21)22)16-13-10-8-6-5-7-9-11-14-17-20/h3-4,10,13,17-18H,2,5-9,11-12,14-16H2,1H3/b4-3+,13-10+. The van der Waals surface area contributed by atoms with Crippen molar-refractivity contribution in [2.75, 3.05) is 0 Å². The van der Waals surface area contributed by atoms with E-state index in [1.165, 1.54) is 12.8 Å². The number of aldehydes is 1. The maximum Gasteiger partial charge on any atom is 0.216 e. The normalized spacial score (nSPS) is 13.0. The highest BCUT2D eigenvalue weighted by molar-refractivity contribution is 5.48. The fourth-order valence-electron chi connectivity index (χ4n) is 2.27. The zero-order chi connectivity index (χ0) is 16.5. The number of hydrogen-bond donors (Lipinski definition) is 0. The van der Waals surface area contributed by atoms with Gasteiger partial charge in [-0.25, -0.2) is 0 Å². The van der Waals surface area contributed by atoms with Gasteiger partial charge in [-0.3, -0.25) is 10.1 Å². The minimum Gasteiger partial charge on any atom is -0.303 e. The van der Waals surface area contributed by atoms with Crippen LogP contribution in [-0.4, -0.2) is 17.3 Å². The number of rotatable bonds is 15. The van der Waals surface area contributed by atoms with Crippen molar-refractivity contribution in [3.05, 3.63) is 34.4 Å². The molecule has 1 unspecified atom stereocenters. The first kappa shape index (κ1) is 20.6. The van der Waals surface area contributed by atoms with Crippen molar-refractivity contribution >= 4 is 6.29 Å². The number of unbranched alkanes of at least 4 members (excludes halogenated alkanes) is 6. The quantitative estimate of drug-likeness (QED) is 0.136. The zero-order valence-corrected chi connectivity index (χ0v) is 13.9. The zero-order valence-electron chi connectivity index (χ0n) is 13.9. The highest BCUT2D eigenvalue weighted by Crippen LogP contribution is 2.10. The Balaban J connectivity index is 3.66. The van der Waals surface area contributed by atoms with Gasteiger partial charge in [0, 0.05) is 24.2 Å². The van der Waals surface area contributed by atoms with Crippen molar-refractivity contribution in [1.29, 1.82) is 0 Å². The Morgan fingerprint density at radius 1 is 0.909 bits per heavy atom. The van der Waals surface area contributed by atoms with Crippen LogP contribution in [0.25, 0.3) is 0 Å². The second-order valence-electron chi connectivity index (χ2n) is 5.62. The molecule has 0 aliphatic rings. The van der Waals surface area contributed by atoms with Crippen molar-refractivity contribution in [3.63, 3.8) is 0 Å². The Morgan fingerprint density at radius 2 is 1.55 bits per heavy atom. The molecule has 0 N–H and O–H groups in total. The van der Waals surface area contributed by atoms with Gasteiger partial charge in [-0.05, 0) is 32.1 Å². The van der Waals surface area contributed by atoms with Gasteiger partial charge in [0.15, 0.2) is 0 Å². The molecule has 0 rings (SSSR count). The highest BCUT2D eigenvalue weighted by atomic mass is 16.6. The molecule has 0 aromatic rings. The van der Waals surface area contributed by atoms with E-state index in [0.717, 1.165) is 44.8 Å². The number of carbonyl (C=O) groups excluding carboxylic acids is 1. The maximum atomic E-state index is 11.0.